The van der Waals surface area contributed by atoms with E-state index >= 15 is 0 Å². The third-order valence-electron chi connectivity index (χ3n) is 2.55. The maximum absolute atomic E-state index is 12.2. The predicted molar refractivity (Wildman–Crippen MR) is 84.3 cm³/mol. The van der Waals surface area contributed by atoms with Crippen LogP contribution in [0.1, 0.15) is 16.8 Å². The summed E-state index contributed by atoms with van der Waals surface area (Å²) in [6, 6.07) is 1.38. The van der Waals surface area contributed by atoms with E-state index in [9.17, 15) is 8.42 Å². The molecule has 0 saturated heterocycles. The molecule has 0 bridgehead atoms. The van der Waals surface area contributed by atoms with E-state index in [1.807, 2.05) is 13.8 Å². The SMILES string of the molecule is CCNc1ncc(S(=O)(=O)NCc2ncc(C)s2)cc1Cl. The number of aryl methyl sites for hydroxylation is 1. The smallest absolute Gasteiger partial charge is 0.242 e. The summed E-state index contributed by atoms with van der Waals surface area (Å²) in [6.07, 6.45) is 2.98. The van der Waals surface area contributed by atoms with Gasteiger partial charge in [-0.1, -0.05) is 11.6 Å². The van der Waals surface area contributed by atoms with E-state index in [1.165, 1.54) is 23.6 Å². The molecule has 6 nitrogen and oxygen atoms in total. The molecule has 9 heteroatoms. The molecule has 0 aromatic carbocycles. The summed E-state index contributed by atoms with van der Waals surface area (Å²) >= 11 is 7.45. The van der Waals surface area contributed by atoms with Crippen LogP contribution in [-0.2, 0) is 16.6 Å². The zero-order valence-corrected chi connectivity index (χ0v) is 13.9. The normalized spacial score (nSPS) is 11.6. The van der Waals surface area contributed by atoms with Gasteiger partial charge in [0.15, 0.2) is 0 Å². The molecule has 2 rings (SSSR count). The maximum atomic E-state index is 12.2. The molecule has 0 saturated carbocycles. The maximum Gasteiger partial charge on any atom is 0.242 e. The van der Waals surface area contributed by atoms with Crippen molar-refractivity contribution in [3.63, 3.8) is 0 Å². The van der Waals surface area contributed by atoms with E-state index in [-0.39, 0.29) is 16.5 Å². The number of sulfonamides is 1. The van der Waals surface area contributed by atoms with Gasteiger partial charge in [0.25, 0.3) is 0 Å². The molecular formula is C12H15ClN4O2S2. The van der Waals surface area contributed by atoms with Gasteiger partial charge in [0.2, 0.25) is 10.0 Å². The van der Waals surface area contributed by atoms with E-state index in [0.29, 0.717) is 17.4 Å². The summed E-state index contributed by atoms with van der Waals surface area (Å²) < 4.78 is 26.8. The molecule has 0 aliphatic carbocycles. The quantitative estimate of drug-likeness (QED) is 0.839. The Morgan fingerprint density at radius 1 is 1.33 bits per heavy atom. The minimum absolute atomic E-state index is 0.0300. The summed E-state index contributed by atoms with van der Waals surface area (Å²) in [7, 11) is -3.66. The van der Waals surface area contributed by atoms with Crippen LogP contribution in [0.5, 0.6) is 0 Å². The molecule has 0 spiro atoms. The molecule has 21 heavy (non-hydrogen) atoms. The highest BCUT2D eigenvalue weighted by atomic mass is 35.5. The number of rotatable bonds is 6. The number of aromatic nitrogens is 2. The van der Waals surface area contributed by atoms with Crippen molar-refractivity contribution in [3.05, 3.63) is 33.4 Å². The Bertz CT molecular complexity index is 731. The molecule has 0 aliphatic rings. The fourth-order valence-corrected chi connectivity index (χ4v) is 3.66. The van der Waals surface area contributed by atoms with Crippen molar-refractivity contribution in [2.75, 3.05) is 11.9 Å². The topological polar surface area (TPSA) is 84.0 Å². The predicted octanol–water partition coefficient (Wildman–Crippen LogP) is 2.41. The minimum Gasteiger partial charge on any atom is -0.369 e. The van der Waals surface area contributed by atoms with Gasteiger partial charge in [-0.15, -0.1) is 11.3 Å². The van der Waals surface area contributed by atoms with Crippen molar-refractivity contribution in [2.24, 2.45) is 0 Å². The van der Waals surface area contributed by atoms with Crippen molar-refractivity contribution >= 4 is 38.8 Å². The van der Waals surface area contributed by atoms with Gasteiger partial charge in [0.1, 0.15) is 15.7 Å². The molecule has 0 radical (unpaired) electrons. The van der Waals surface area contributed by atoms with Crippen molar-refractivity contribution in [1.29, 1.82) is 0 Å². The molecule has 2 N–H and O–H groups in total. The van der Waals surface area contributed by atoms with Gasteiger partial charge in [-0.3, -0.25) is 0 Å². The van der Waals surface area contributed by atoms with E-state index < -0.39 is 10.0 Å². The molecule has 0 fully saturated rings. The molecule has 114 valence electrons. The molecule has 2 aromatic rings. The molecule has 0 aliphatic heterocycles. The van der Waals surface area contributed by atoms with Crippen LogP contribution >= 0.6 is 22.9 Å². The number of hydrogen-bond donors (Lipinski definition) is 2. The number of pyridine rings is 1. The van der Waals surface area contributed by atoms with Gasteiger partial charge in [0.05, 0.1) is 11.6 Å². The van der Waals surface area contributed by atoms with Crippen LogP contribution in [0.25, 0.3) is 0 Å². The highest BCUT2D eigenvalue weighted by Crippen LogP contribution is 2.22. The highest BCUT2D eigenvalue weighted by Gasteiger charge is 2.17. The van der Waals surface area contributed by atoms with Crippen LogP contribution in [0, 0.1) is 6.92 Å². The molecule has 2 aromatic heterocycles. The fourth-order valence-electron chi connectivity index (χ4n) is 1.59. The standard InChI is InChI=1S/C12H15ClN4O2S2/c1-3-14-12-10(13)4-9(6-16-12)21(18,19)17-7-11-15-5-8(2)20-11/h4-6,17H,3,7H2,1-2H3,(H,14,16). The largest absolute Gasteiger partial charge is 0.369 e. The molecule has 0 amide bonds. The summed E-state index contributed by atoms with van der Waals surface area (Å²) in [5.74, 6) is 0.466. The monoisotopic (exact) mass is 346 g/mol. The summed E-state index contributed by atoms with van der Waals surface area (Å²) in [5, 5.41) is 3.92. The third-order valence-corrected chi connectivity index (χ3v) is 5.12. The summed E-state index contributed by atoms with van der Waals surface area (Å²) in [4.78, 5) is 9.19. The van der Waals surface area contributed by atoms with Crippen LogP contribution in [0.15, 0.2) is 23.4 Å². The van der Waals surface area contributed by atoms with E-state index in [1.54, 1.807) is 6.20 Å². The van der Waals surface area contributed by atoms with E-state index in [4.69, 9.17) is 11.6 Å². The average molecular weight is 347 g/mol. The lowest BCUT2D eigenvalue weighted by molar-refractivity contribution is 0.580. The average Bonchev–Trinajstić information content (AvgIpc) is 2.85. The van der Waals surface area contributed by atoms with E-state index in [2.05, 4.69) is 20.0 Å². The van der Waals surface area contributed by atoms with Crippen LogP contribution in [0.3, 0.4) is 0 Å². The summed E-state index contributed by atoms with van der Waals surface area (Å²) in [6.45, 7) is 4.62. The van der Waals surface area contributed by atoms with Crippen molar-refractivity contribution in [2.45, 2.75) is 25.3 Å². The zero-order chi connectivity index (χ0) is 15.5. The summed E-state index contributed by atoms with van der Waals surface area (Å²) in [5.41, 5.74) is 0. The Labute approximate surface area is 132 Å². The highest BCUT2D eigenvalue weighted by molar-refractivity contribution is 7.89. The number of thiazole rings is 1. The molecule has 0 unspecified atom stereocenters. The van der Waals surface area contributed by atoms with Crippen LogP contribution in [0.4, 0.5) is 5.82 Å². The van der Waals surface area contributed by atoms with Gasteiger partial charge in [0, 0.05) is 23.8 Å². The van der Waals surface area contributed by atoms with Crippen molar-refractivity contribution in [1.82, 2.24) is 14.7 Å². The first-order valence-corrected chi connectivity index (χ1v) is 8.90. The Morgan fingerprint density at radius 3 is 2.67 bits per heavy atom. The molecule has 0 atom stereocenters. The van der Waals surface area contributed by atoms with Crippen LogP contribution in [0.2, 0.25) is 5.02 Å². The number of nitrogens with zero attached hydrogens (tertiary/aromatic N) is 2. The number of halogens is 1. The number of nitrogens with one attached hydrogen (secondary N) is 2. The van der Waals surface area contributed by atoms with Gasteiger partial charge < -0.3 is 5.32 Å². The molecule has 2 heterocycles. The van der Waals surface area contributed by atoms with E-state index in [0.717, 1.165) is 4.88 Å². The number of hydrogen-bond acceptors (Lipinski definition) is 6. The first kappa shape index (κ1) is 16.2. The first-order valence-electron chi connectivity index (χ1n) is 6.22. The second kappa shape index (κ2) is 6.69. The van der Waals surface area contributed by atoms with Crippen molar-refractivity contribution in [3.8, 4) is 0 Å². The Balaban J connectivity index is 2.13. The lowest BCUT2D eigenvalue weighted by Gasteiger charge is -2.08. The first-order chi connectivity index (χ1) is 9.92. The Morgan fingerprint density at radius 2 is 2.10 bits per heavy atom. The Kier molecular flexibility index (Phi) is 5.15. The lowest BCUT2D eigenvalue weighted by atomic mass is 10.4. The Hall–Kier alpha value is -1.22. The van der Waals surface area contributed by atoms with Crippen LogP contribution < -0.4 is 10.0 Å². The second-order valence-corrected chi connectivity index (χ2v) is 7.71. The van der Waals surface area contributed by atoms with Gasteiger partial charge >= 0.3 is 0 Å². The van der Waals surface area contributed by atoms with Gasteiger partial charge in [-0.25, -0.2) is 23.1 Å². The van der Waals surface area contributed by atoms with Crippen molar-refractivity contribution < 1.29 is 8.42 Å². The lowest BCUT2D eigenvalue weighted by Crippen LogP contribution is -2.23. The van der Waals surface area contributed by atoms with Gasteiger partial charge in [-0.05, 0) is 19.9 Å². The third kappa shape index (κ3) is 4.13. The zero-order valence-electron chi connectivity index (χ0n) is 11.6. The number of anilines is 1. The fraction of sp³-hybridized carbons (Fsp3) is 0.333. The van der Waals surface area contributed by atoms with Gasteiger partial charge in [-0.2, -0.15) is 0 Å². The van der Waals surface area contributed by atoms with Crippen LogP contribution in [-0.4, -0.2) is 24.9 Å². The molecular weight excluding hydrogens is 332 g/mol. The minimum atomic E-state index is -3.66. The second-order valence-electron chi connectivity index (χ2n) is 4.22.